The van der Waals surface area contributed by atoms with Crippen molar-refractivity contribution in [3.63, 3.8) is 0 Å². The van der Waals surface area contributed by atoms with Crippen LogP contribution in [-0.2, 0) is 10.9 Å². The predicted octanol–water partition coefficient (Wildman–Crippen LogP) is 5.56. The Kier molecular flexibility index (Phi) is 5.51. The van der Waals surface area contributed by atoms with Crippen molar-refractivity contribution < 1.29 is 17.9 Å². The molecule has 2 aliphatic heterocycles. The van der Waals surface area contributed by atoms with Crippen molar-refractivity contribution in [3.8, 4) is 0 Å². The lowest BCUT2D eigenvalue weighted by Gasteiger charge is -2.52. The van der Waals surface area contributed by atoms with Gasteiger partial charge in [0, 0.05) is 13.1 Å². The summed E-state index contributed by atoms with van der Waals surface area (Å²) in [6.07, 6.45) is 0.378. The van der Waals surface area contributed by atoms with Crippen LogP contribution in [0.4, 0.5) is 18.9 Å². The maximum absolute atomic E-state index is 13.5. The highest BCUT2D eigenvalue weighted by atomic mass is 19.4. The van der Waals surface area contributed by atoms with E-state index < -0.39 is 17.4 Å². The zero-order valence-corrected chi connectivity index (χ0v) is 17.6. The van der Waals surface area contributed by atoms with Crippen molar-refractivity contribution >= 4 is 11.8 Å². The fraction of sp³-hybridized carbons (Fsp3) is 0.417. The minimum atomic E-state index is -4.42. The second-order valence-electron chi connectivity index (χ2n) is 8.38. The minimum Gasteiger partial charge on any atom is -0.379 e. The fourth-order valence-corrected chi connectivity index (χ4v) is 5.13. The van der Waals surface area contributed by atoms with Gasteiger partial charge in [0.15, 0.2) is 5.66 Å². The van der Waals surface area contributed by atoms with Gasteiger partial charge in [0.2, 0.25) is 0 Å². The molecular weight excluding hydrogens is 417 g/mol. The Bertz CT molecular complexity index is 1020. The molecule has 168 valence electrons. The van der Waals surface area contributed by atoms with Crippen molar-refractivity contribution in [1.82, 2.24) is 4.90 Å². The topological polar surface area (TPSA) is 40.4 Å². The number of alkyl halides is 3. The van der Waals surface area contributed by atoms with E-state index in [1.807, 2.05) is 30.3 Å². The van der Waals surface area contributed by atoms with Gasteiger partial charge in [-0.3, -0.25) is 4.90 Å². The van der Waals surface area contributed by atoms with Crippen LogP contribution in [0.3, 0.4) is 0 Å². The second kappa shape index (κ2) is 8.33. The van der Waals surface area contributed by atoms with E-state index in [9.17, 15) is 13.2 Å². The van der Waals surface area contributed by atoms with Crippen LogP contribution in [0.5, 0.6) is 0 Å². The maximum Gasteiger partial charge on any atom is 0.416 e. The first-order valence-corrected chi connectivity index (χ1v) is 11.0. The molecule has 8 heteroatoms. The van der Waals surface area contributed by atoms with E-state index in [2.05, 4.69) is 21.3 Å². The molecule has 3 aliphatic rings. The number of nitrogens with zero attached hydrogens (tertiary/aromatic N) is 4. The van der Waals surface area contributed by atoms with E-state index in [1.54, 1.807) is 11.1 Å². The van der Waals surface area contributed by atoms with Gasteiger partial charge in [0.05, 0.1) is 24.5 Å². The number of hydrogen-bond donors (Lipinski definition) is 0. The van der Waals surface area contributed by atoms with Crippen molar-refractivity contribution in [1.29, 1.82) is 0 Å². The first kappa shape index (κ1) is 21.2. The van der Waals surface area contributed by atoms with Gasteiger partial charge in [-0.15, -0.1) is 0 Å². The molecule has 2 heterocycles. The second-order valence-corrected chi connectivity index (χ2v) is 8.38. The van der Waals surface area contributed by atoms with Crippen molar-refractivity contribution in [3.05, 3.63) is 71.3 Å². The largest absolute Gasteiger partial charge is 0.416 e. The third-order valence-electron chi connectivity index (χ3n) is 6.52. The van der Waals surface area contributed by atoms with Crippen LogP contribution in [-0.4, -0.2) is 42.9 Å². The number of fused-ring (bicyclic) bond motifs is 1. The van der Waals surface area contributed by atoms with Gasteiger partial charge in [0.25, 0.3) is 0 Å². The molecule has 5 nitrogen and oxygen atoms in total. The highest BCUT2D eigenvalue weighted by Crippen LogP contribution is 2.49. The number of ether oxygens (including phenoxy) is 1. The number of benzene rings is 2. The Labute approximate surface area is 185 Å². The van der Waals surface area contributed by atoms with E-state index in [1.165, 1.54) is 12.1 Å². The first-order chi connectivity index (χ1) is 15.5. The molecule has 0 bridgehead atoms. The smallest absolute Gasteiger partial charge is 0.379 e. The summed E-state index contributed by atoms with van der Waals surface area (Å²) in [4.78, 5) is 2.30. The Hall–Kier alpha value is -2.71. The number of anilines is 1. The molecule has 0 amide bonds. The Morgan fingerprint density at radius 2 is 1.81 bits per heavy atom. The van der Waals surface area contributed by atoms with Gasteiger partial charge in [-0.05, 0) is 48.6 Å². The fourth-order valence-electron chi connectivity index (χ4n) is 5.13. The monoisotopic (exact) mass is 442 g/mol. The number of hydrogen-bond acceptors (Lipinski definition) is 5. The Morgan fingerprint density at radius 3 is 2.56 bits per heavy atom. The summed E-state index contributed by atoms with van der Waals surface area (Å²) in [6, 6.07) is 15.3. The molecule has 5 rings (SSSR count). The molecule has 0 spiro atoms. The molecule has 0 aromatic heterocycles. The van der Waals surface area contributed by atoms with Gasteiger partial charge in [0.1, 0.15) is 6.04 Å². The number of halogens is 3. The Balaban J connectivity index is 1.66. The lowest BCUT2D eigenvalue weighted by molar-refractivity contribution is -0.137. The summed E-state index contributed by atoms with van der Waals surface area (Å²) in [7, 11) is 0. The van der Waals surface area contributed by atoms with Crippen LogP contribution < -0.4 is 5.01 Å². The van der Waals surface area contributed by atoms with E-state index in [0.29, 0.717) is 32.0 Å². The summed E-state index contributed by atoms with van der Waals surface area (Å²) in [5.41, 5.74) is 1.17. The van der Waals surface area contributed by atoms with Gasteiger partial charge in [-0.2, -0.15) is 18.3 Å². The van der Waals surface area contributed by atoms with Gasteiger partial charge in [-0.1, -0.05) is 47.7 Å². The van der Waals surface area contributed by atoms with Crippen molar-refractivity contribution in [2.45, 2.75) is 37.1 Å². The first-order valence-electron chi connectivity index (χ1n) is 11.0. The van der Waals surface area contributed by atoms with Crippen LogP contribution in [0.25, 0.3) is 6.08 Å². The van der Waals surface area contributed by atoms with E-state index >= 15 is 0 Å². The summed E-state index contributed by atoms with van der Waals surface area (Å²) in [5, 5.41) is 10.8. The van der Waals surface area contributed by atoms with Crippen molar-refractivity contribution in [2.24, 2.45) is 10.3 Å². The quantitative estimate of drug-likeness (QED) is 0.625. The number of morpholine rings is 1. The van der Waals surface area contributed by atoms with Crippen LogP contribution in [0, 0.1) is 0 Å². The Morgan fingerprint density at radius 1 is 1.03 bits per heavy atom. The lowest BCUT2D eigenvalue weighted by atomic mass is 9.77. The lowest BCUT2D eigenvalue weighted by Crippen LogP contribution is -2.67. The molecule has 32 heavy (non-hydrogen) atoms. The highest BCUT2D eigenvalue weighted by Gasteiger charge is 2.57. The molecule has 1 aliphatic carbocycles. The third-order valence-corrected chi connectivity index (χ3v) is 6.52. The summed E-state index contributed by atoms with van der Waals surface area (Å²) in [6.45, 7) is 2.49. The SMILES string of the molecule is FC(F)(F)c1cccc(N2N=NC3CCC/C(=C\c4ccccc4)C32N2CCOCC2)c1. The van der Waals surface area contributed by atoms with Gasteiger partial charge < -0.3 is 4.74 Å². The van der Waals surface area contributed by atoms with Gasteiger partial charge in [-0.25, -0.2) is 5.01 Å². The molecule has 2 aromatic rings. The average Bonchev–Trinajstić information content (AvgIpc) is 3.21. The molecule has 1 saturated heterocycles. The molecule has 2 fully saturated rings. The molecule has 2 aromatic carbocycles. The highest BCUT2D eigenvalue weighted by molar-refractivity contribution is 5.63. The third kappa shape index (κ3) is 3.61. The molecule has 1 saturated carbocycles. The van der Waals surface area contributed by atoms with Gasteiger partial charge >= 0.3 is 6.18 Å². The molecular formula is C24H25F3N4O. The van der Waals surface area contributed by atoms with Crippen LogP contribution in [0.2, 0.25) is 0 Å². The van der Waals surface area contributed by atoms with Crippen LogP contribution >= 0.6 is 0 Å². The molecule has 2 atom stereocenters. The van der Waals surface area contributed by atoms with E-state index in [4.69, 9.17) is 4.74 Å². The zero-order chi connectivity index (χ0) is 22.2. The zero-order valence-electron chi connectivity index (χ0n) is 17.6. The maximum atomic E-state index is 13.5. The van der Waals surface area contributed by atoms with E-state index in [-0.39, 0.29) is 6.04 Å². The summed E-state index contributed by atoms with van der Waals surface area (Å²) >= 11 is 0. The molecule has 2 unspecified atom stereocenters. The standard InChI is InChI=1S/C24H25F3N4O/c25-24(26,27)20-9-4-10-21(17-20)31-23(30-12-14-32-15-13-30)19(8-5-11-22(23)28-29-31)16-18-6-2-1-3-7-18/h1-4,6-7,9-10,16-17,22H,5,8,11-15H2/b19-16+. The van der Waals surface area contributed by atoms with Crippen molar-refractivity contribution in [2.75, 3.05) is 31.3 Å². The number of rotatable bonds is 3. The average molecular weight is 442 g/mol. The summed E-state index contributed by atoms with van der Waals surface area (Å²) < 4.78 is 46.1. The summed E-state index contributed by atoms with van der Waals surface area (Å²) in [5.74, 6) is 0. The normalized spacial score (nSPS) is 27.7. The predicted molar refractivity (Wildman–Crippen MR) is 116 cm³/mol. The van der Waals surface area contributed by atoms with Crippen LogP contribution in [0.1, 0.15) is 30.4 Å². The van der Waals surface area contributed by atoms with Crippen LogP contribution in [0.15, 0.2) is 70.5 Å². The molecule has 0 radical (unpaired) electrons. The minimum absolute atomic E-state index is 0.154. The van der Waals surface area contributed by atoms with E-state index in [0.717, 1.165) is 36.5 Å². The molecule has 0 N–H and O–H groups in total.